The molecule has 8 heteroatoms. The SMILES string of the molecule is O=S(=O)(Nc1ccccc1)c1ccc(-c2nnc(C3CC3)o2)s1. The molecule has 0 unspecified atom stereocenters. The third-order valence-corrected chi connectivity index (χ3v) is 6.40. The second-order valence-electron chi connectivity index (χ2n) is 5.31. The van der Waals surface area contributed by atoms with Crippen LogP contribution in [0.25, 0.3) is 10.8 Å². The summed E-state index contributed by atoms with van der Waals surface area (Å²) in [5.74, 6) is 1.39. The normalized spacial score (nSPS) is 14.8. The lowest BCUT2D eigenvalue weighted by atomic mass is 10.3. The Morgan fingerprint density at radius 1 is 1.09 bits per heavy atom. The van der Waals surface area contributed by atoms with Gasteiger partial charge in [-0.15, -0.1) is 21.5 Å². The van der Waals surface area contributed by atoms with Gasteiger partial charge in [0.05, 0.1) is 4.88 Å². The highest BCUT2D eigenvalue weighted by Crippen LogP contribution is 2.40. The predicted molar refractivity (Wildman–Crippen MR) is 86.8 cm³/mol. The minimum atomic E-state index is -3.62. The molecule has 1 aliphatic carbocycles. The van der Waals surface area contributed by atoms with E-state index in [1.807, 2.05) is 6.07 Å². The fourth-order valence-electron chi connectivity index (χ4n) is 2.12. The van der Waals surface area contributed by atoms with E-state index in [0.29, 0.717) is 28.3 Å². The number of thiophene rings is 1. The highest BCUT2D eigenvalue weighted by molar-refractivity contribution is 7.94. The number of para-hydroxylation sites is 1. The number of hydrogen-bond donors (Lipinski definition) is 1. The van der Waals surface area contributed by atoms with Gasteiger partial charge in [-0.2, -0.15) is 0 Å². The van der Waals surface area contributed by atoms with Gasteiger partial charge in [0.15, 0.2) is 0 Å². The Kier molecular flexibility index (Phi) is 3.42. The average Bonchev–Trinajstić information content (AvgIpc) is 3.07. The topological polar surface area (TPSA) is 85.1 Å². The molecule has 1 aliphatic rings. The van der Waals surface area contributed by atoms with Crippen LogP contribution < -0.4 is 4.72 Å². The average molecular weight is 347 g/mol. The van der Waals surface area contributed by atoms with Crippen molar-refractivity contribution in [2.45, 2.75) is 23.0 Å². The Labute approximate surface area is 137 Å². The molecule has 23 heavy (non-hydrogen) atoms. The lowest BCUT2D eigenvalue weighted by Crippen LogP contribution is -2.11. The molecule has 0 bridgehead atoms. The maximum Gasteiger partial charge on any atom is 0.271 e. The molecule has 0 amide bonds. The van der Waals surface area contributed by atoms with E-state index in [0.717, 1.165) is 24.2 Å². The van der Waals surface area contributed by atoms with Gasteiger partial charge in [0.25, 0.3) is 15.9 Å². The van der Waals surface area contributed by atoms with Gasteiger partial charge in [-0.1, -0.05) is 18.2 Å². The predicted octanol–water partition coefficient (Wildman–Crippen LogP) is 3.48. The molecule has 0 aliphatic heterocycles. The molecule has 0 spiro atoms. The summed E-state index contributed by atoms with van der Waals surface area (Å²) in [5.41, 5.74) is 0.524. The monoisotopic (exact) mass is 347 g/mol. The van der Waals surface area contributed by atoms with Crippen molar-refractivity contribution in [2.24, 2.45) is 0 Å². The van der Waals surface area contributed by atoms with Gasteiger partial charge in [-0.3, -0.25) is 4.72 Å². The van der Waals surface area contributed by atoms with Gasteiger partial charge >= 0.3 is 0 Å². The first-order valence-corrected chi connectivity index (χ1v) is 9.43. The number of rotatable bonds is 5. The van der Waals surface area contributed by atoms with Crippen LogP contribution in [0.1, 0.15) is 24.7 Å². The Balaban J connectivity index is 1.58. The third kappa shape index (κ3) is 2.99. The minimum Gasteiger partial charge on any atom is -0.420 e. The van der Waals surface area contributed by atoms with Crippen LogP contribution in [0.4, 0.5) is 5.69 Å². The molecular formula is C15H13N3O3S2. The van der Waals surface area contributed by atoms with Crippen LogP contribution in [-0.2, 0) is 10.0 Å². The molecule has 3 aromatic rings. The summed E-state index contributed by atoms with van der Waals surface area (Å²) in [6.45, 7) is 0. The summed E-state index contributed by atoms with van der Waals surface area (Å²) in [5, 5.41) is 8.02. The molecule has 1 fully saturated rings. The number of nitrogens with one attached hydrogen (secondary N) is 1. The molecule has 2 aromatic heterocycles. The zero-order valence-electron chi connectivity index (χ0n) is 12.0. The standard InChI is InChI=1S/C15H13N3O3S2/c19-23(20,18-11-4-2-1-3-5-11)13-9-8-12(22-13)15-17-16-14(21-15)10-6-7-10/h1-5,8-10,18H,6-7H2. The van der Waals surface area contributed by atoms with Gasteiger partial charge < -0.3 is 4.42 Å². The number of nitrogens with zero attached hydrogens (tertiary/aromatic N) is 2. The Morgan fingerprint density at radius 3 is 2.61 bits per heavy atom. The van der Waals surface area contributed by atoms with E-state index in [2.05, 4.69) is 14.9 Å². The Bertz CT molecular complexity index is 928. The first-order valence-electron chi connectivity index (χ1n) is 7.13. The first kappa shape index (κ1) is 14.4. The minimum absolute atomic E-state index is 0.211. The second-order valence-corrected chi connectivity index (χ2v) is 8.30. The van der Waals surface area contributed by atoms with Crippen LogP contribution in [-0.4, -0.2) is 18.6 Å². The molecule has 0 saturated heterocycles. The quantitative estimate of drug-likeness (QED) is 0.764. The molecule has 0 radical (unpaired) electrons. The molecule has 1 aromatic carbocycles. The molecule has 4 rings (SSSR count). The van der Waals surface area contributed by atoms with Gasteiger partial charge in [0.1, 0.15) is 4.21 Å². The van der Waals surface area contributed by atoms with Crippen molar-refractivity contribution in [3.63, 3.8) is 0 Å². The number of benzene rings is 1. The zero-order chi connectivity index (χ0) is 15.9. The maximum absolute atomic E-state index is 12.4. The van der Waals surface area contributed by atoms with Crippen molar-refractivity contribution in [1.29, 1.82) is 0 Å². The van der Waals surface area contributed by atoms with Crippen LogP contribution in [0.3, 0.4) is 0 Å². The summed E-state index contributed by atoms with van der Waals surface area (Å²) in [4.78, 5) is 0.651. The van der Waals surface area contributed by atoms with E-state index in [4.69, 9.17) is 4.42 Å². The highest BCUT2D eigenvalue weighted by atomic mass is 32.2. The summed E-state index contributed by atoms with van der Waals surface area (Å²) in [7, 11) is -3.62. The van der Waals surface area contributed by atoms with Crippen molar-refractivity contribution < 1.29 is 12.8 Å². The van der Waals surface area contributed by atoms with Crippen molar-refractivity contribution in [3.8, 4) is 10.8 Å². The third-order valence-electron chi connectivity index (χ3n) is 3.45. The van der Waals surface area contributed by atoms with Gasteiger partial charge in [0, 0.05) is 11.6 Å². The van der Waals surface area contributed by atoms with E-state index >= 15 is 0 Å². The second kappa shape index (κ2) is 5.47. The fourth-order valence-corrected chi connectivity index (χ4v) is 4.41. The van der Waals surface area contributed by atoms with E-state index < -0.39 is 10.0 Å². The van der Waals surface area contributed by atoms with Crippen molar-refractivity contribution >= 4 is 27.0 Å². The largest absolute Gasteiger partial charge is 0.420 e. The summed E-state index contributed by atoms with van der Waals surface area (Å²) in [6, 6.07) is 12.0. The van der Waals surface area contributed by atoms with Crippen LogP contribution in [0.5, 0.6) is 0 Å². The van der Waals surface area contributed by atoms with Crippen LogP contribution in [0, 0.1) is 0 Å². The first-order chi connectivity index (χ1) is 11.1. The Morgan fingerprint density at radius 2 is 1.87 bits per heavy atom. The summed E-state index contributed by atoms with van der Waals surface area (Å²) in [6.07, 6.45) is 2.15. The van der Waals surface area contributed by atoms with Crippen molar-refractivity contribution in [1.82, 2.24) is 10.2 Å². The van der Waals surface area contributed by atoms with Gasteiger partial charge in [-0.25, -0.2) is 8.42 Å². The molecule has 1 N–H and O–H groups in total. The summed E-state index contributed by atoms with van der Waals surface area (Å²) >= 11 is 1.11. The molecule has 2 heterocycles. The highest BCUT2D eigenvalue weighted by Gasteiger charge is 2.30. The Hall–Kier alpha value is -2.19. The number of anilines is 1. The van der Waals surface area contributed by atoms with Gasteiger partial charge in [-0.05, 0) is 37.1 Å². The molecular weight excluding hydrogens is 334 g/mol. The number of aromatic nitrogens is 2. The number of hydrogen-bond acceptors (Lipinski definition) is 6. The van der Waals surface area contributed by atoms with Crippen molar-refractivity contribution in [2.75, 3.05) is 4.72 Å². The molecule has 0 atom stereocenters. The summed E-state index contributed by atoms with van der Waals surface area (Å²) < 4.78 is 33.2. The van der Waals surface area contributed by atoms with E-state index in [1.165, 1.54) is 0 Å². The molecule has 6 nitrogen and oxygen atoms in total. The maximum atomic E-state index is 12.4. The van der Waals surface area contributed by atoms with E-state index in [1.54, 1.807) is 36.4 Å². The molecule has 1 saturated carbocycles. The number of sulfonamides is 1. The lowest BCUT2D eigenvalue weighted by molar-refractivity contribution is 0.509. The molecule has 118 valence electrons. The van der Waals surface area contributed by atoms with E-state index in [9.17, 15) is 8.42 Å². The van der Waals surface area contributed by atoms with Crippen molar-refractivity contribution in [3.05, 3.63) is 48.4 Å². The van der Waals surface area contributed by atoms with Crippen LogP contribution in [0.15, 0.2) is 51.1 Å². The van der Waals surface area contributed by atoms with Crippen LogP contribution >= 0.6 is 11.3 Å². The smallest absolute Gasteiger partial charge is 0.271 e. The zero-order valence-corrected chi connectivity index (χ0v) is 13.6. The van der Waals surface area contributed by atoms with E-state index in [-0.39, 0.29) is 4.21 Å². The lowest BCUT2D eigenvalue weighted by Gasteiger charge is -2.05. The van der Waals surface area contributed by atoms with Gasteiger partial charge in [0.2, 0.25) is 5.89 Å². The van der Waals surface area contributed by atoms with Crippen LogP contribution in [0.2, 0.25) is 0 Å². The fraction of sp³-hybridized carbons (Fsp3) is 0.200.